The fourth-order valence-corrected chi connectivity index (χ4v) is 4.80. The van der Waals surface area contributed by atoms with Crippen molar-refractivity contribution in [3.8, 4) is 0 Å². The number of fused-ring (bicyclic) bond motifs is 1. The van der Waals surface area contributed by atoms with E-state index in [1.165, 1.54) is 10.6 Å². The molecule has 1 atom stereocenters. The Morgan fingerprint density at radius 1 is 1.27 bits per heavy atom. The molecule has 7 heteroatoms. The number of nitrogens with zero attached hydrogens (tertiary/aromatic N) is 3. The van der Waals surface area contributed by atoms with Crippen LogP contribution in [0.25, 0.3) is 0 Å². The van der Waals surface area contributed by atoms with Crippen molar-refractivity contribution in [1.82, 2.24) is 15.2 Å². The normalized spacial score (nSPS) is 20.2. The van der Waals surface area contributed by atoms with Crippen molar-refractivity contribution in [2.75, 3.05) is 37.6 Å². The predicted molar refractivity (Wildman–Crippen MR) is 105 cm³/mol. The summed E-state index contributed by atoms with van der Waals surface area (Å²) < 4.78 is 0. The molecule has 1 aromatic rings. The van der Waals surface area contributed by atoms with Crippen molar-refractivity contribution in [3.05, 3.63) is 10.6 Å². The Kier molecular flexibility index (Phi) is 6.16. The molecule has 2 heterocycles. The highest BCUT2D eigenvalue weighted by atomic mass is 32.1. The van der Waals surface area contributed by atoms with E-state index in [0.29, 0.717) is 5.92 Å². The molecule has 1 aromatic heterocycles. The lowest BCUT2D eigenvalue weighted by atomic mass is 9.90. The Hall–Kier alpha value is -1.63. The number of thiazole rings is 1. The van der Waals surface area contributed by atoms with Crippen LogP contribution in [0, 0.1) is 11.8 Å². The number of rotatable bonds is 5. The number of aryl methyl sites for hydroxylation is 1. The van der Waals surface area contributed by atoms with Crippen LogP contribution >= 0.6 is 11.3 Å². The molecule has 1 N–H and O–H groups in total. The van der Waals surface area contributed by atoms with Crippen LogP contribution in [0.5, 0.6) is 0 Å². The summed E-state index contributed by atoms with van der Waals surface area (Å²) in [6, 6.07) is 0. The van der Waals surface area contributed by atoms with E-state index >= 15 is 0 Å². The average Bonchev–Trinajstić information content (AvgIpc) is 3.04. The molecule has 0 saturated carbocycles. The second kappa shape index (κ2) is 8.37. The summed E-state index contributed by atoms with van der Waals surface area (Å²) in [6.07, 6.45) is 3.62. The maximum atomic E-state index is 12.4. The predicted octanol–water partition coefficient (Wildman–Crippen LogP) is 2.08. The van der Waals surface area contributed by atoms with Gasteiger partial charge in [-0.2, -0.15) is 0 Å². The lowest BCUT2D eigenvalue weighted by Crippen LogP contribution is -2.48. The number of hydrogen-bond donors (Lipinski definition) is 1. The number of hydrogen-bond acceptors (Lipinski definition) is 5. The minimum absolute atomic E-state index is 0.0810. The third kappa shape index (κ3) is 4.55. The smallest absolute Gasteiger partial charge is 0.223 e. The van der Waals surface area contributed by atoms with Crippen LogP contribution in [0.1, 0.15) is 44.2 Å². The van der Waals surface area contributed by atoms with Crippen LogP contribution in [0.3, 0.4) is 0 Å². The van der Waals surface area contributed by atoms with Gasteiger partial charge in [-0.05, 0) is 31.6 Å². The first-order valence-corrected chi connectivity index (χ1v) is 10.5. The maximum absolute atomic E-state index is 12.4. The zero-order valence-electron chi connectivity index (χ0n) is 16.1. The van der Waals surface area contributed by atoms with E-state index in [2.05, 4.69) is 24.1 Å². The third-order valence-electron chi connectivity index (χ3n) is 5.32. The molecule has 1 unspecified atom stereocenters. The Morgan fingerprint density at radius 2 is 2.00 bits per heavy atom. The third-order valence-corrected chi connectivity index (χ3v) is 6.50. The van der Waals surface area contributed by atoms with Gasteiger partial charge in [0.05, 0.1) is 5.69 Å². The van der Waals surface area contributed by atoms with Gasteiger partial charge in [-0.15, -0.1) is 11.3 Å². The summed E-state index contributed by atoms with van der Waals surface area (Å²) in [5, 5.41) is 4.15. The summed E-state index contributed by atoms with van der Waals surface area (Å²) >= 11 is 1.73. The Labute approximate surface area is 160 Å². The number of anilines is 1. The van der Waals surface area contributed by atoms with E-state index in [4.69, 9.17) is 4.98 Å². The van der Waals surface area contributed by atoms with Crippen molar-refractivity contribution in [2.45, 2.75) is 46.5 Å². The van der Waals surface area contributed by atoms with Crippen molar-refractivity contribution >= 4 is 28.3 Å². The molecule has 2 aliphatic rings. The molecule has 3 rings (SSSR count). The molecule has 0 aromatic carbocycles. The summed E-state index contributed by atoms with van der Waals surface area (Å²) in [5.41, 5.74) is 1.17. The summed E-state index contributed by atoms with van der Waals surface area (Å²) in [4.78, 5) is 34.2. The number of aromatic nitrogens is 1. The first-order valence-electron chi connectivity index (χ1n) is 9.70. The lowest BCUT2D eigenvalue weighted by Gasteiger charge is -2.33. The molecule has 1 aliphatic heterocycles. The molecule has 6 nitrogen and oxygen atoms in total. The van der Waals surface area contributed by atoms with Crippen LogP contribution in [-0.2, 0) is 22.4 Å². The number of nitrogens with one attached hydrogen (secondary N) is 1. The van der Waals surface area contributed by atoms with Crippen molar-refractivity contribution in [2.24, 2.45) is 11.8 Å². The molecular formula is C19H30N4O2S. The number of carbonyl (C=O) groups is 2. The van der Waals surface area contributed by atoms with Gasteiger partial charge in [0.2, 0.25) is 11.8 Å². The molecule has 0 radical (unpaired) electrons. The maximum Gasteiger partial charge on any atom is 0.223 e. The van der Waals surface area contributed by atoms with Gasteiger partial charge in [0, 0.05) is 50.4 Å². The van der Waals surface area contributed by atoms with Gasteiger partial charge < -0.3 is 15.1 Å². The molecule has 0 bridgehead atoms. The van der Waals surface area contributed by atoms with Crippen LogP contribution in [0.2, 0.25) is 0 Å². The first kappa shape index (κ1) is 19.1. The van der Waals surface area contributed by atoms with Crippen molar-refractivity contribution < 1.29 is 9.59 Å². The van der Waals surface area contributed by atoms with Gasteiger partial charge >= 0.3 is 0 Å². The molecule has 0 spiro atoms. The van der Waals surface area contributed by atoms with E-state index in [1.54, 1.807) is 18.3 Å². The molecular weight excluding hydrogens is 348 g/mol. The fraction of sp³-hybridized carbons (Fsp3) is 0.737. The summed E-state index contributed by atoms with van der Waals surface area (Å²) in [6.45, 7) is 9.96. The van der Waals surface area contributed by atoms with Gasteiger partial charge in [-0.3, -0.25) is 9.59 Å². The molecule has 144 valence electrons. The van der Waals surface area contributed by atoms with Crippen molar-refractivity contribution in [1.29, 1.82) is 0 Å². The standard InChI is InChI=1S/C19H30N4O2S/c1-13(2)6-7-20-18(25)15-4-5-16-17(12-15)26-19(21-16)23-10-8-22(9-11-23)14(3)24/h13,15H,4-12H2,1-3H3,(H,20,25). The fourth-order valence-electron chi connectivity index (χ4n) is 3.56. The molecule has 1 fully saturated rings. The number of carbonyl (C=O) groups excluding carboxylic acids is 2. The van der Waals surface area contributed by atoms with Gasteiger partial charge in [0.25, 0.3) is 0 Å². The van der Waals surface area contributed by atoms with Crippen LogP contribution in [0.4, 0.5) is 5.13 Å². The SMILES string of the molecule is CC(=O)N1CCN(c2nc3c(s2)CC(C(=O)NCCC(C)C)CC3)CC1. The first-order chi connectivity index (χ1) is 12.4. The van der Waals surface area contributed by atoms with Crippen LogP contribution in [-0.4, -0.2) is 54.4 Å². The average molecular weight is 379 g/mol. The minimum Gasteiger partial charge on any atom is -0.356 e. The summed E-state index contributed by atoms with van der Waals surface area (Å²) in [5.74, 6) is 1.04. The molecule has 26 heavy (non-hydrogen) atoms. The number of amides is 2. The van der Waals surface area contributed by atoms with E-state index < -0.39 is 0 Å². The Balaban J connectivity index is 1.56. The second-order valence-corrected chi connectivity index (χ2v) is 8.83. The highest BCUT2D eigenvalue weighted by Gasteiger charge is 2.29. The van der Waals surface area contributed by atoms with Crippen LogP contribution in [0.15, 0.2) is 0 Å². The van der Waals surface area contributed by atoms with Gasteiger partial charge in [-0.1, -0.05) is 13.8 Å². The van der Waals surface area contributed by atoms with E-state index in [1.807, 2.05) is 4.90 Å². The van der Waals surface area contributed by atoms with E-state index in [9.17, 15) is 9.59 Å². The van der Waals surface area contributed by atoms with Gasteiger partial charge in [-0.25, -0.2) is 4.98 Å². The zero-order chi connectivity index (χ0) is 18.7. The molecule has 2 amide bonds. The largest absolute Gasteiger partial charge is 0.356 e. The topological polar surface area (TPSA) is 65.5 Å². The molecule has 1 saturated heterocycles. The lowest BCUT2D eigenvalue weighted by molar-refractivity contribution is -0.129. The van der Waals surface area contributed by atoms with E-state index in [-0.39, 0.29) is 17.7 Å². The van der Waals surface area contributed by atoms with Crippen molar-refractivity contribution in [3.63, 3.8) is 0 Å². The number of piperazine rings is 1. The highest BCUT2D eigenvalue weighted by Crippen LogP contribution is 2.34. The molecule has 1 aliphatic carbocycles. The van der Waals surface area contributed by atoms with Crippen LogP contribution < -0.4 is 10.2 Å². The second-order valence-electron chi connectivity index (χ2n) is 7.77. The quantitative estimate of drug-likeness (QED) is 0.852. The highest BCUT2D eigenvalue weighted by molar-refractivity contribution is 7.15. The monoisotopic (exact) mass is 378 g/mol. The summed E-state index contributed by atoms with van der Waals surface area (Å²) in [7, 11) is 0. The van der Waals surface area contributed by atoms with Gasteiger partial charge in [0.1, 0.15) is 0 Å². The van der Waals surface area contributed by atoms with E-state index in [0.717, 1.165) is 63.5 Å². The Bertz CT molecular complexity index is 650. The minimum atomic E-state index is 0.0810. The Morgan fingerprint density at radius 3 is 2.65 bits per heavy atom. The van der Waals surface area contributed by atoms with Gasteiger partial charge in [0.15, 0.2) is 5.13 Å². The zero-order valence-corrected chi connectivity index (χ0v) is 16.9.